The Kier molecular flexibility index (Phi) is 4.13. The van der Waals surface area contributed by atoms with Crippen LogP contribution in [0.2, 0.25) is 5.02 Å². The third kappa shape index (κ3) is 2.43. The normalized spacial score (nSPS) is 11.0. The summed E-state index contributed by atoms with van der Waals surface area (Å²) >= 11 is 6.34. The van der Waals surface area contributed by atoms with Gasteiger partial charge in [0.1, 0.15) is 5.56 Å². The van der Waals surface area contributed by atoms with E-state index in [0.29, 0.717) is 23.8 Å². The maximum absolute atomic E-state index is 11.0. The average molecular weight is 297 g/mol. The van der Waals surface area contributed by atoms with E-state index in [1.54, 1.807) is 11.6 Å². The molecule has 0 aliphatic rings. The molecule has 0 saturated carbocycles. The Hall–Kier alpha value is -1.82. The number of carboxylic acid groups (broad SMARTS) is 1. The summed E-state index contributed by atoms with van der Waals surface area (Å²) in [6.45, 7) is 6.85. The van der Waals surface area contributed by atoms with Crippen molar-refractivity contribution < 1.29 is 9.90 Å². The molecule has 0 atom stereocenters. The summed E-state index contributed by atoms with van der Waals surface area (Å²) in [5, 5.41) is 18.2. The summed E-state index contributed by atoms with van der Waals surface area (Å²) in [7, 11) is 0. The Morgan fingerprint density at radius 1 is 1.40 bits per heavy atom. The third-order valence-corrected chi connectivity index (χ3v) is 3.76. The van der Waals surface area contributed by atoms with E-state index in [1.165, 1.54) is 6.20 Å². The van der Waals surface area contributed by atoms with Gasteiger partial charge in [-0.25, -0.2) is 4.79 Å². The van der Waals surface area contributed by atoms with E-state index in [4.69, 9.17) is 16.7 Å². The van der Waals surface area contributed by atoms with Crippen molar-refractivity contribution in [3.63, 3.8) is 0 Å². The molecule has 6 nitrogen and oxygen atoms in total. The number of nitrogens with zero attached hydrogens (tertiary/aromatic N) is 4. The van der Waals surface area contributed by atoms with Crippen LogP contribution in [0.25, 0.3) is 0 Å². The summed E-state index contributed by atoms with van der Waals surface area (Å²) in [5.41, 5.74) is 2.52. The highest BCUT2D eigenvalue weighted by Gasteiger charge is 2.18. The lowest BCUT2D eigenvalue weighted by Gasteiger charge is -2.07. The van der Waals surface area contributed by atoms with Crippen LogP contribution < -0.4 is 0 Å². The van der Waals surface area contributed by atoms with Gasteiger partial charge in [0.25, 0.3) is 0 Å². The van der Waals surface area contributed by atoms with Crippen molar-refractivity contribution in [2.45, 2.75) is 40.3 Å². The Bertz CT molecular complexity index is 645. The van der Waals surface area contributed by atoms with Gasteiger partial charge in [0, 0.05) is 6.54 Å². The van der Waals surface area contributed by atoms with Gasteiger partial charge in [-0.05, 0) is 20.3 Å². The molecule has 0 radical (unpaired) electrons. The fourth-order valence-corrected chi connectivity index (χ4v) is 2.45. The van der Waals surface area contributed by atoms with Gasteiger partial charge in [0.15, 0.2) is 0 Å². The van der Waals surface area contributed by atoms with Crippen molar-refractivity contribution in [1.29, 1.82) is 0 Å². The van der Waals surface area contributed by atoms with Crippen molar-refractivity contribution in [1.82, 2.24) is 19.6 Å². The van der Waals surface area contributed by atoms with Crippen molar-refractivity contribution in [3.8, 4) is 0 Å². The Morgan fingerprint density at radius 3 is 2.60 bits per heavy atom. The molecule has 2 rings (SSSR count). The number of carbonyl (C=O) groups is 1. The minimum atomic E-state index is -0.974. The van der Waals surface area contributed by atoms with E-state index in [9.17, 15) is 4.79 Å². The molecule has 1 N–H and O–H groups in total. The molecule has 2 aromatic heterocycles. The number of rotatable bonds is 5. The Morgan fingerprint density at radius 2 is 2.10 bits per heavy atom. The molecule has 7 heteroatoms. The van der Waals surface area contributed by atoms with Crippen LogP contribution in [0.3, 0.4) is 0 Å². The fourth-order valence-electron chi connectivity index (χ4n) is 2.13. The minimum Gasteiger partial charge on any atom is -0.478 e. The predicted molar refractivity (Wildman–Crippen MR) is 75.3 cm³/mol. The second-order valence-corrected chi connectivity index (χ2v) is 4.86. The first-order chi connectivity index (χ1) is 9.49. The number of aromatic carboxylic acids is 1. The van der Waals surface area contributed by atoms with E-state index < -0.39 is 5.97 Å². The minimum absolute atomic E-state index is 0.208. The van der Waals surface area contributed by atoms with Crippen LogP contribution in [0.4, 0.5) is 0 Å². The van der Waals surface area contributed by atoms with Crippen LogP contribution >= 0.6 is 11.6 Å². The third-order valence-electron chi connectivity index (χ3n) is 3.33. The molecule has 0 aromatic carbocycles. The van der Waals surface area contributed by atoms with Gasteiger partial charge in [-0.3, -0.25) is 9.36 Å². The number of aromatic nitrogens is 4. The van der Waals surface area contributed by atoms with E-state index in [2.05, 4.69) is 10.2 Å². The Labute approximate surface area is 122 Å². The molecule has 0 aliphatic heterocycles. The van der Waals surface area contributed by atoms with Crippen molar-refractivity contribution in [2.75, 3.05) is 0 Å². The summed E-state index contributed by atoms with van der Waals surface area (Å²) in [5.74, 6) is -0.974. The van der Waals surface area contributed by atoms with Crippen LogP contribution in [-0.4, -0.2) is 30.6 Å². The monoisotopic (exact) mass is 296 g/mol. The summed E-state index contributed by atoms with van der Waals surface area (Å²) in [4.78, 5) is 11.0. The zero-order chi connectivity index (χ0) is 14.9. The lowest BCUT2D eigenvalue weighted by molar-refractivity contribution is 0.0696. The molecule has 0 aliphatic carbocycles. The van der Waals surface area contributed by atoms with E-state index in [0.717, 1.165) is 17.8 Å². The lowest BCUT2D eigenvalue weighted by atomic mass is 10.2. The SMILES string of the molecule is CCc1nn(CC)c(Cn2ncc(C(=O)O)c2C)c1Cl. The number of aryl methyl sites for hydroxylation is 2. The van der Waals surface area contributed by atoms with Gasteiger partial charge in [-0.1, -0.05) is 18.5 Å². The number of hydrogen-bond donors (Lipinski definition) is 1. The molecule has 0 spiro atoms. The van der Waals surface area contributed by atoms with Gasteiger partial charge in [-0.15, -0.1) is 0 Å². The van der Waals surface area contributed by atoms with Gasteiger partial charge >= 0.3 is 5.97 Å². The van der Waals surface area contributed by atoms with Crippen LogP contribution in [0.1, 0.15) is 41.3 Å². The average Bonchev–Trinajstić information content (AvgIpc) is 2.93. The first-order valence-electron chi connectivity index (χ1n) is 6.49. The lowest BCUT2D eigenvalue weighted by Crippen LogP contribution is -2.11. The second kappa shape index (κ2) is 5.66. The molecular formula is C13H17ClN4O2. The van der Waals surface area contributed by atoms with Crippen molar-refractivity contribution in [2.24, 2.45) is 0 Å². The largest absolute Gasteiger partial charge is 0.478 e. The second-order valence-electron chi connectivity index (χ2n) is 4.48. The standard InChI is InChI=1S/C13H17ClN4O2/c1-4-10-12(14)11(17(5-2)16-10)7-18-8(3)9(6-15-18)13(19)20/h6H,4-5,7H2,1-3H3,(H,19,20). The van der Waals surface area contributed by atoms with Crippen molar-refractivity contribution in [3.05, 3.63) is 33.9 Å². The first kappa shape index (κ1) is 14.6. The molecular weight excluding hydrogens is 280 g/mol. The van der Waals surface area contributed by atoms with Crippen molar-refractivity contribution >= 4 is 17.6 Å². The molecule has 0 fully saturated rings. The molecule has 0 bridgehead atoms. The van der Waals surface area contributed by atoms with E-state index in [-0.39, 0.29) is 5.56 Å². The molecule has 0 saturated heterocycles. The molecule has 20 heavy (non-hydrogen) atoms. The highest BCUT2D eigenvalue weighted by molar-refractivity contribution is 6.31. The maximum Gasteiger partial charge on any atom is 0.339 e. The fraction of sp³-hybridized carbons (Fsp3) is 0.462. The summed E-state index contributed by atoms with van der Waals surface area (Å²) < 4.78 is 3.47. The van der Waals surface area contributed by atoms with Gasteiger partial charge < -0.3 is 5.11 Å². The van der Waals surface area contributed by atoms with Gasteiger partial charge in [-0.2, -0.15) is 10.2 Å². The molecule has 0 amide bonds. The van der Waals surface area contributed by atoms with Crippen LogP contribution in [0.15, 0.2) is 6.20 Å². The highest BCUT2D eigenvalue weighted by Crippen LogP contribution is 2.23. The molecule has 2 aromatic rings. The smallest absolute Gasteiger partial charge is 0.339 e. The molecule has 0 unspecified atom stereocenters. The predicted octanol–water partition coefficient (Wildman–Crippen LogP) is 2.37. The van der Waals surface area contributed by atoms with Crippen LogP contribution in [0, 0.1) is 6.92 Å². The van der Waals surface area contributed by atoms with Crippen LogP contribution in [0.5, 0.6) is 0 Å². The quantitative estimate of drug-likeness (QED) is 0.919. The van der Waals surface area contributed by atoms with E-state index in [1.807, 2.05) is 18.5 Å². The van der Waals surface area contributed by atoms with Gasteiger partial charge in [0.05, 0.1) is 34.8 Å². The zero-order valence-electron chi connectivity index (χ0n) is 11.7. The van der Waals surface area contributed by atoms with E-state index >= 15 is 0 Å². The Balaban J connectivity index is 2.39. The summed E-state index contributed by atoms with van der Waals surface area (Å²) in [6.07, 6.45) is 2.12. The summed E-state index contributed by atoms with van der Waals surface area (Å²) in [6, 6.07) is 0. The van der Waals surface area contributed by atoms with Crippen LogP contribution in [-0.2, 0) is 19.5 Å². The molecule has 2 heterocycles. The molecule has 108 valence electrons. The number of halogens is 1. The first-order valence-corrected chi connectivity index (χ1v) is 6.87. The highest BCUT2D eigenvalue weighted by atomic mass is 35.5. The number of hydrogen-bond acceptors (Lipinski definition) is 3. The topological polar surface area (TPSA) is 72.9 Å². The maximum atomic E-state index is 11.0. The number of carboxylic acids is 1. The zero-order valence-corrected chi connectivity index (χ0v) is 12.5. The van der Waals surface area contributed by atoms with Gasteiger partial charge in [0.2, 0.25) is 0 Å².